The second-order valence-electron chi connectivity index (χ2n) is 10.1. The van der Waals surface area contributed by atoms with Crippen molar-refractivity contribution < 1.29 is 8.98 Å². The topological polar surface area (TPSA) is 21.9 Å². The molecule has 0 saturated carbocycles. The fraction of sp³-hybridized carbons (Fsp3) is 0.0571. The van der Waals surface area contributed by atoms with Crippen LogP contribution in [0.5, 0.6) is 0 Å². The van der Waals surface area contributed by atoms with Gasteiger partial charge in [0.2, 0.25) is 11.2 Å². The van der Waals surface area contributed by atoms with E-state index in [4.69, 9.17) is 4.42 Å². The Morgan fingerprint density at radius 2 is 1.18 bits per heavy atom. The number of benzene rings is 5. The van der Waals surface area contributed by atoms with E-state index in [0.29, 0.717) is 0 Å². The van der Waals surface area contributed by atoms with Crippen molar-refractivity contribution in [2.75, 3.05) is 0 Å². The van der Waals surface area contributed by atoms with Gasteiger partial charge in [-0.15, -0.1) is 0 Å². The van der Waals surface area contributed by atoms with E-state index in [9.17, 15) is 0 Å². The van der Waals surface area contributed by atoms with Crippen molar-refractivity contribution in [2.24, 2.45) is 7.05 Å². The first-order valence-corrected chi connectivity index (χ1v) is 13.0. The number of furan rings is 1. The zero-order valence-corrected chi connectivity index (χ0v) is 21.3. The predicted octanol–water partition coefficient (Wildman–Crippen LogP) is 8.64. The first-order valence-electron chi connectivity index (χ1n) is 13.0. The molecule has 3 nitrogen and oxygen atoms in total. The highest BCUT2D eigenvalue weighted by Gasteiger charge is 2.23. The molecule has 0 saturated heterocycles. The number of hydrogen-bond acceptors (Lipinski definition) is 1. The molecule has 180 valence electrons. The Labute approximate surface area is 219 Å². The van der Waals surface area contributed by atoms with Crippen molar-refractivity contribution in [3.8, 4) is 16.9 Å². The Hall–Kier alpha value is -4.89. The van der Waals surface area contributed by atoms with Crippen LogP contribution in [0.25, 0.3) is 71.6 Å². The van der Waals surface area contributed by atoms with Crippen molar-refractivity contribution in [1.29, 1.82) is 0 Å². The van der Waals surface area contributed by atoms with Crippen molar-refractivity contribution in [3.63, 3.8) is 0 Å². The fourth-order valence-corrected chi connectivity index (χ4v) is 6.19. The summed E-state index contributed by atoms with van der Waals surface area (Å²) < 4.78 is 10.9. The highest BCUT2D eigenvalue weighted by Crippen LogP contribution is 2.38. The lowest BCUT2D eigenvalue weighted by atomic mass is 9.99. The Bertz CT molecular complexity index is 2160. The Kier molecular flexibility index (Phi) is 4.36. The van der Waals surface area contributed by atoms with Gasteiger partial charge in [0.15, 0.2) is 0 Å². The van der Waals surface area contributed by atoms with Gasteiger partial charge < -0.3 is 8.98 Å². The van der Waals surface area contributed by atoms with E-state index >= 15 is 0 Å². The van der Waals surface area contributed by atoms with Crippen LogP contribution in [-0.2, 0) is 7.05 Å². The first-order chi connectivity index (χ1) is 18.7. The van der Waals surface area contributed by atoms with E-state index in [2.05, 4.69) is 126 Å². The van der Waals surface area contributed by atoms with Crippen molar-refractivity contribution in [1.82, 2.24) is 4.57 Å². The molecule has 8 aromatic rings. The summed E-state index contributed by atoms with van der Waals surface area (Å²) in [5.74, 6) is 0. The van der Waals surface area contributed by atoms with Crippen molar-refractivity contribution >= 4 is 54.6 Å². The molecule has 0 aliphatic heterocycles. The third-order valence-corrected chi connectivity index (χ3v) is 8.00. The van der Waals surface area contributed by atoms with Crippen molar-refractivity contribution in [3.05, 3.63) is 121 Å². The normalized spacial score (nSPS) is 11.9. The molecule has 0 bridgehead atoms. The Balaban J connectivity index is 1.51. The maximum Gasteiger partial charge on any atom is 0.215 e. The monoisotopic (exact) mass is 489 g/mol. The summed E-state index contributed by atoms with van der Waals surface area (Å²) in [7, 11) is 2.17. The Morgan fingerprint density at radius 3 is 1.92 bits per heavy atom. The second-order valence-corrected chi connectivity index (χ2v) is 10.1. The minimum Gasteiger partial charge on any atom is -0.456 e. The molecule has 0 atom stereocenters. The summed E-state index contributed by atoms with van der Waals surface area (Å²) in [6.45, 7) is 2.18. The smallest absolute Gasteiger partial charge is 0.215 e. The maximum absolute atomic E-state index is 6.19. The van der Waals surface area contributed by atoms with Gasteiger partial charge in [0, 0.05) is 33.7 Å². The van der Waals surface area contributed by atoms with E-state index in [-0.39, 0.29) is 0 Å². The lowest BCUT2D eigenvalue weighted by Gasteiger charge is -2.14. The molecule has 3 heterocycles. The number of aromatic nitrogens is 2. The minimum atomic E-state index is 0.924. The number of fused-ring (bicyclic) bond motifs is 7. The third kappa shape index (κ3) is 2.87. The van der Waals surface area contributed by atoms with Crippen LogP contribution in [0, 0.1) is 6.92 Å². The van der Waals surface area contributed by atoms with E-state index < -0.39 is 0 Å². The second kappa shape index (κ2) is 7.80. The highest BCUT2D eigenvalue weighted by molar-refractivity contribution is 6.11. The molecule has 38 heavy (non-hydrogen) atoms. The average molecular weight is 490 g/mol. The van der Waals surface area contributed by atoms with Gasteiger partial charge in [-0.2, -0.15) is 4.57 Å². The third-order valence-electron chi connectivity index (χ3n) is 8.00. The average Bonchev–Trinajstić information content (AvgIpc) is 3.48. The van der Waals surface area contributed by atoms with Crippen LogP contribution in [0.4, 0.5) is 0 Å². The summed E-state index contributed by atoms with van der Waals surface area (Å²) in [5.41, 5.74) is 10.2. The number of rotatable bonds is 2. The van der Waals surface area contributed by atoms with Gasteiger partial charge in [0.05, 0.1) is 27.7 Å². The largest absolute Gasteiger partial charge is 0.456 e. The molecule has 0 radical (unpaired) electrons. The number of hydrogen-bond donors (Lipinski definition) is 0. The van der Waals surface area contributed by atoms with Crippen LogP contribution in [-0.4, -0.2) is 4.57 Å². The van der Waals surface area contributed by atoms with Gasteiger partial charge in [-0.05, 0) is 48.9 Å². The van der Waals surface area contributed by atoms with Crippen LogP contribution < -0.4 is 4.57 Å². The van der Waals surface area contributed by atoms with Crippen LogP contribution >= 0.6 is 0 Å². The fourth-order valence-electron chi connectivity index (χ4n) is 6.19. The first kappa shape index (κ1) is 21.2. The molecule has 0 spiro atoms. The Morgan fingerprint density at radius 1 is 0.579 bits per heavy atom. The van der Waals surface area contributed by atoms with Gasteiger partial charge >= 0.3 is 0 Å². The molecule has 8 rings (SSSR count). The van der Waals surface area contributed by atoms with Crippen LogP contribution in [0.1, 0.15) is 5.56 Å². The summed E-state index contributed by atoms with van der Waals surface area (Å²) in [5, 5.41) is 6.05. The molecular formula is C35H25N2O+. The predicted molar refractivity (Wildman–Crippen MR) is 157 cm³/mol. The summed E-state index contributed by atoms with van der Waals surface area (Å²) in [6.07, 6.45) is 0. The standard InChI is InChI=1S/C35H25N2O/c1-22-19-35-28(25-13-6-10-18-34(25)38-35)20-27(22)32-21-33(26-14-5-7-15-29(26)36(32)2)37-30-16-8-3-11-23(30)24-12-4-9-17-31(24)37/h3-21H,1-2H3/q+1. The molecule has 0 N–H and O–H groups in total. The molecule has 5 aromatic carbocycles. The van der Waals surface area contributed by atoms with Gasteiger partial charge in [-0.1, -0.05) is 66.7 Å². The van der Waals surface area contributed by atoms with Gasteiger partial charge in [0.1, 0.15) is 18.2 Å². The van der Waals surface area contributed by atoms with Gasteiger partial charge in [0.25, 0.3) is 0 Å². The number of pyridine rings is 1. The lowest BCUT2D eigenvalue weighted by molar-refractivity contribution is -0.633. The molecule has 0 aliphatic carbocycles. The van der Waals surface area contributed by atoms with Crippen molar-refractivity contribution in [2.45, 2.75) is 6.92 Å². The minimum absolute atomic E-state index is 0.924. The van der Waals surface area contributed by atoms with E-state index in [1.807, 2.05) is 12.1 Å². The quantitative estimate of drug-likeness (QED) is 0.223. The van der Waals surface area contributed by atoms with E-state index in [0.717, 1.165) is 21.9 Å². The maximum atomic E-state index is 6.19. The van der Waals surface area contributed by atoms with Crippen LogP contribution in [0.2, 0.25) is 0 Å². The van der Waals surface area contributed by atoms with Crippen LogP contribution in [0.15, 0.2) is 120 Å². The van der Waals surface area contributed by atoms with Gasteiger partial charge in [-0.25, -0.2) is 0 Å². The molecule has 3 aromatic heterocycles. The van der Waals surface area contributed by atoms with E-state index in [1.165, 1.54) is 55.2 Å². The molecule has 3 heteroatoms. The zero-order chi connectivity index (χ0) is 25.4. The zero-order valence-electron chi connectivity index (χ0n) is 21.3. The van der Waals surface area contributed by atoms with Crippen LogP contribution in [0.3, 0.4) is 0 Å². The number of aryl methyl sites for hydroxylation is 2. The summed E-state index contributed by atoms with van der Waals surface area (Å²) >= 11 is 0. The molecular weight excluding hydrogens is 464 g/mol. The molecule has 0 unspecified atom stereocenters. The lowest BCUT2D eigenvalue weighted by Crippen LogP contribution is -2.32. The molecule has 0 amide bonds. The van der Waals surface area contributed by atoms with Gasteiger partial charge in [-0.3, -0.25) is 0 Å². The molecule has 0 aliphatic rings. The SMILES string of the molecule is Cc1cc2oc3ccccc3c2cc1-c1cc(-n2c3ccccc3c3ccccc32)c2ccccc2[n+]1C. The van der Waals surface area contributed by atoms with E-state index in [1.54, 1.807) is 0 Å². The number of para-hydroxylation sites is 4. The molecule has 0 fully saturated rings. The summed E-state index contributed by atoms with van der Waals surface area (Å²) in [4.78, 5) is 0. The highest BCUT2D eigenvalue weighted by atomic mass is 16.3. The summed E-state index contributed by atoms with van der Waals surface area (Å²) in [6, 6.07) is 41.3. The number of nitrogens with zero attached hydrogens (tertiary/aromatic N) is 2.